The van der Waals surface area contributed by atoms with Gasteiger partial charge in [-0.25, -0.2) is 0 Å². The van der Waals surface area contributed by atoms with E-state index in [2.05, 4.69) is 93.7 Å². The Balaban J connectivity index is 4.39. The number of carbonyl (C=O) groups is 3. The monoisotopic (exact) mass is 879 g/mol. The molecule has 1 atom stereocenters. The van der Waals surface area contributed by atoms with Gasteiger partial charge in [-0.2, -0.15) is 0 Å². The first-order valence-electron chi connectivity index (χ1n) is 26.5. The van der Waals surface area contributed by atoms with Crippen molar-refractivity contribution in [3.8, 4) is 0 Å². The Morgan fingerprint density at radius 2 is 0.683 bits per heavy atom. The molecule has 0 aliphatic rings. The predicted octanol–water partition coefficient (Wildman–Crippen LogP) is 17.4. The number of rotatable bonds is 47. The third kappa shape index (κ3) is 49.7. The minimum absolute atomic E-state index is 0.0982. The molecule has 0 bridgehead atoms. The molecule has 1 unspecified atom stereocenters. The van der Waals surface area contributed by atoms with E-state index in [-0.39, 0.29) is 37.5 Å². The number of carbonyl (C=O) groups excluding carboxylic acids is 3. The number of unbranched alkanes of at least 4 members (excludes halogenated alkanes) is 25. The molecule has 0 aromatic carbocycles. The van der Waals surface area contributed by atoms with E-state index >= 15 is 0 Å². The number of hydrogen-bond acceptors (Lipinski definition) is 6. The molecule has 0 aromatic heterocycles. The summed E-state index contributed by atoms with van der Waals surface area (Å²) >= 11 is 0. The van der Waals surface area contributed by atoms with Gasteiger partial charge < -0.3 is 14.2 Å². The minimum atomic E-state index is -0.802. The molecule has 362 valence electrons. The second-order valence-corrected chi connectivity index (χ2v) is 17.4. The third-order valence-electron chi connectivity index (χ3n) is 11.2. The SMILES string of the molecule is CC/C=C\C/C=C\C/C=C\CCCC(=O)OCC(COC(=O)CCCCCCCCC/C=C\CCCCCCCCCC)OC(=O)CCCCCCCC/C=C\C=C/CCCCC. The van der Waals surface area contributed by atoms with Gasteiger partial charge in [-0.05, 0) is 96.3 Å². The Hall–Kier alpha value is -3.15. The van der Waals surface area contributed by atoms with Crippen molar-refractivity contribution in [3.05, 3.63) is 72.9 Å². The summed E-state index contributed by atoms with van der Waals surface area (Å²) < 4.78 is 16.7. The lowest BCUT2D eigenvalue weighted by Gasteiger charge is -2.18. The van der Waals surface area contributed by atoms with Crippen LogP contribution in [0.5, 0.6) is 0 Å². The zero-order chi connectivity index (χ0) is 45.8. The highest BCUT2D eigenvalue weighted by molar-refractivity contribution is 5.71. The Kier molecular flexibility index (Phi) is 48.9. The molecule has 6 nitrogen and oxygen atoms in total. The Morgan fingerprint density at radius 1 is 0.349 bits per heavy atom. The molecule has 0 aromatic rings. The number of hydrogen-bond donors (Lipinski definition) is 0. The second kappa shape index (κ2) is 51.5. The van der Waals surface area contributed by atoms with Crippen molar-refractivity contribution in [3.63, 3.8) is 0 Å². The van der Waals surface area contributed by atoms with Gasteiger partial charge in [-0.15, -0.1) is 0 Å². The van der Waals surface area contributed by atoms with E-state index in [4.69, 9.17) is 14.2 Å². The van der Waals surface area contributed by atoms with E-state index in [1.807, 2.05) is 0 Å². The maximum absolute atomic E-state index is 12.8. The van der Waals surface area contributed by atoms with Crippen molar-refractivity contribution in [1.29, 1.82) is 0 Å². The van der Waals surface area contributed by atoms with E-state index < -0.39 is 6.10 Å². The molecule has 0 spiro atoms. The standard InChI is InChI=1S/C57H98O6/c1-4-7-10-13-16-19-22-24-26-27-28-29-31-32-35-38-41-44-47-50-56(59)62-53-54(52-61-55(58)49-46-43-40-37-34-21-18-15-12-9-6-3)63-57(60)51-48-45-42-39-36-33-30-25-23-20-17-14-11-8-5-2/h9,12,17-18,20-21,23,25,27-28,37,40,54H,4-8,10-11,13-16,19,22,24,26,29-36,38-39,41-53H2,1-3H3/b12-9-,20-17-,21-18-,25-23-,28-27-,40-37-. The van der Waals surface area contributed by atoms with E-state index in [0.717, 1.165) is 77.0 Å². The van der Waals surface area contributed by atoms with Crippen molar-refractivity contribution in [2.45, 2.75) is 258 Å². The fourth-order valence-corrected chi connectivity index (χ4v) is 7.22. The van der Waals surface area contributed by atoms with Gasteiger partial charge in [0.15, 0.2) is 6.10 Å². The minimum Gasteiger partial charge on any atom is -0.462 e. The molecule has 0 saturated carbocycles. The zero-order valence-corrected chi connectivity index (χ0v) is 41.3. The number of esters is 3. The third-order valence-corrected chi connectivity index (χ3v) is 11.2. The lowest BCUT2D eigenvalue weighted by atomic mass is 10.1. The van der Waals surface area contributed by atoms with Crippen molar-refractivity contribution in [2.75, 3.05) is 13.2 Å². The average molecular weight is 879 g/mol. The van der Waals surface area contributed by atoms with Gasteiger partial charge in [0.2, 0.25) is 0 Å². The maximum Gasteiger partial charge on any atom is 0.306 e. The predicted molar refractivity (Wildman–Crippen MR) is 270 cm³/mol. The fraction of sp³-hybridized carbons (Fsp3) is 0.737. The van der Waals surface area contributed by atoms with Crippen LogP contribution in [0.3, 0.4) is 0 Å². The van der Waals surface area contributed by atoms with Crippen molar-refractivity contribution in [1.82, 2.24) is 0 Å². The first-order chi connectivity index (χ1) is 31.0. The van der Waals surface area contributed by atoms with Gasteiger partial charge in [0, 0.05) is 19.3 Å². The van der Waals surface area contributed by atoms with Gasteiger partial charge in [-0.3, -0.25) is 14.4 Å². The highest BCUT2D eigenvalue weighted by Crippen LogP contribution is 2.14. The molecule has 0 N–H and O–H groups in total. The molecule has 0 radical (unpaired) electrons. The summed E-state index contributed by atoms with van der Waals surface area (Å²) in [6, 6.07) is 0. The summed E-state index contributed by atoms with van der Waals surface area (Å²) in [6.07, 6.45) is 64.7. The van der Waals surface area contributed by atoms with Gasteiger partial charge >= 0.3 is 17.9 Å². The summed E-state index contributed by atoms with van der Waals surface area (Å²) in [5.74, 6) is -0.969. The van der Waals surface area contributed by atoms with Crippen LogP contribution in [0.25, 0.3) is 0 Å². The van der Waals surface area contributed by atoms with E-state index in [9.17, 15) is 14.4 Å². The van der Waals surface area contributed by atoms with Crippen LogP contribution in [0.2, 0.25) is 0 Å². The van der Waals surface area contributed by atoms with Crippen LogP contribution in [0.4, 0.5) is 0 Å². The topological polar surface area (TPSA) is 78.9 Å². The molecule has 6 heteroatoms. The Morgan fingerprint density at radius 3 is 1.17 bits per heavy atom. The quantitative estimate of drug-likeness (QED) is 0.0199. The van der Waals surface area contributed by atoms with Crippen LogP contribution in [-0.4, -0.2) is 37.2 Å². The summed E-state index contributed by atoms with van der Waals surface area (Å²) in [5.41, 5.74) is 0. The van der Waals surface area contributed by atoms with Crippen LogP contribution < -0.4 is 0 Å². The van der Waals surface area contributed by atoms with Crippen molar-refractivity contribution >= 4 is 17.9 Å². The highest BCUT2D eigenvalue weighted by Gasteiger charge is 2.19. The highest BCUT2D eigenvalue weighted by atomic mass is 16.6. The van der Waals surface area contributed by atoms with E-state index in [1.54, 1.807) is 0 Å². The Bertz CT molecular complexity index is 1190. The van der Waals surface area contributed by atoms with Crippen LogP contribution in [0, 0.1) is 0 Å². The molecule has 0 rings (SSSR count). The molecule has 63 heavy (non-hydrogen) atoms. The lowest BCUT2D eigenvalue weighted by Crippen LogP contribution is -2.30. The van der Waals surface area contributed by atoms with Gasteiger partial charge in [-0.1, -0.05) is 209 Å². The van der Waals surface area contributed by atoms with Crippen molar-refractivity contribution < 1.29 is 28.6 Å². The molecular weight excluding hydrogens is 781 g/mol. The largest absolute Gasteiger partial charge is 0.462 e. The van der Waals surface area contributed by atoms with E-state index in [1.165, 1.54) is 128 Å². The summed E-state index contributed by atoms with van der Waals surface area (Å²) in [7, 11) is 0. The van der Waals surface area contributed by atoms with Crippen LogP contribution in [0.15, 0.2) is 72.9 Å². The summed E-state index contributed by atoms with van der Waals surface area (Å²) in [6.45, 7) is 6.43. The zero-order valence-electron chi connectivity index (χ0n) is 41.3. The summed E-state index contributed by atoms with van der Waals surface area (Å²) in [5, 5.41) is 0. The average Bonchev–Trinajstić information content (AvgIpc) is 3.28. The Labute approximate surface area is 389 Å². The normalized spacial score (nSPS) is 12.6. The van der Waals surface area contributed by atoms with E-state index in [0.29, 0.717) is 19.3 Å². The number of allylic oxidation sites excluding steroid dienone is 12. The molecular formula is C57H98O6. The van der Waals surface area contributed by atoms with Crippen LogP contribution >= 0.6 is 0 Å². The molecule has 0 fully saturated rings. The van der Waals surface area contributed by atoms with Gasteiger partial charge in [0.05, 0.1) is 0 Å². The molecule has 0 aliphatic carbocycles. The summed E-state index contributed by atoms with van der Waals surface area (Å²) in [4.78, 5) is 37.9. The molecule has 0 saturated heterocycles. The van der Waals surface area contributed by atoms with Gasteiger partial charge in [0.1, 0.15) is 13.2 Å². The first-order valence-corrected chi connectivity index (χ1v) is 26.5. The number of ether oxygens (including phenoxy) is 3. The lowest BCUT2D eigenvalue weighted by molar-refractivity contribution is -0.167. The maximum atomic E-state index is 12.8. The smallest absolute Gasteiger partial charge is 0.306 e. The van der Waals surface area contributed by atoms with Crippen LogP contribution in [0.1, 0.15) is 252 Å². The van der Waals surface area contributed by atoms with Gasteiger partial charge in [0.25, 0.3) is 0 Å². The molecule has 0 heterocycles. The van der Waals surface area contributed by atoms with Crippen molar-refractivity contribution in [2.24, 2.45) is 0 Å². The first kappa shape index (κ1) is 59.9. The second-order valence-electron chi connectivity index (χ2n) is 17.4. The molecule has 0 amide bonds. The molecule has 0 aliphatic heterocycles. The van der Waals surface area contributed by atoms with Crippen LogP contribution in [-0.2, 0) is 28.6 Å². The fourth-order valence-electron chi connectivity index (χ4n) is 7.22.